The summed E-state index contributed by atoms with van der Waals surface area (Å²) in [6.07, 6.45) is -2.15. The van der Waals surface area contributed by atoms with Gasteiger partial charge in [-0.25, -0.2) is 0 Å². The fourth-order valence-electron chi connectivity index (χ4n) is 2.84. The van der Waals surface area contributed by atoms with Crippen LogP contribution in [0, 0.1) is 0 Å². The van der Waals surface area contributed by atoms with Gasteiger partial charge in [0.15, 0.2) is 0 Å². The van der Waals surface area contributed by atoms with Crippen molar-refractivity contribution in [3.05, 3.63) is 0 Å². The van der Waals surface area contributed by atoms with Crippen LogP contribution in [0.2, 0.25) is 0 Å². The quantitative estimate of drug-likeness (QED) is 0.860. The van der Waals surface area contributed by atoms with E-state index in [-0.39, 0.29) is 11.6 Å². The normalized spacial score (nSPS) is 35.0. The molecule has 1 spiro atoms. The predicted octanol–water partition coefficient (Wildman–Crippen LogP) is 2.97. The molecule has 2 rings (SSSR count). The Balaban J connectivity index is 1.82. The Kier molecular flexibility index (Phi) is 4.49. The molecule has 0 amide bonds. The second-order valence-electron chi connectivity index (χ2n) is 5.41. The van der Waals surface area contributed by atoms with E-state index in [1.54, 1.807) is 6.92 Å². The lowest BCUT2D eigenvalue weighted by Crippen LogP contribution is -2.49. The van der Waals surface area contributed by atoms with Gasteiger partial charge in [-0.2, -0.15) is 24.9 Å². The van der Waals surface area contributed by atoms with Crippen LogP contribution in [-0.4, -0.2) is 42.0 Å². The second kappa shape index (κ2) is 5.59. The van der Waals surface area contributed by atoms with Gasteiger partial charge in [-0.3, -0.25) is 0 Å². The SMILES string of the molecule is CC(CC(F)(F)F)NC1CCOC2(CCSC2)C1. The number of ether oxygens (including phenoxy) is 1. The number of hydrogen-bond acceptors (Lipinski definition) is 3. The van der Waals surface area contributed by atoms with Gasteiger partial charge in [-0.05, 0) is 31.9 Å². The van der Waals surface area contributed by atoms with Crippen LogP contribution in [0.5, 0.6) is 0 Å². The smallest absolute Gasteiger partial charge is 0.374 e. The Morgan fingerprint density at radius 1 is 1.50 bits per heavy atom. The van der Waals surface area contributed by atoms with Crippen LogP contribution >= 0.6 is 11.8 Å². The van der Waals surface area contributed by atoms with E-state index in [0.717, 1.165) is 30.8 Å². The zero-order chi connectivity index (χ0) is 13.2. The predicted molar refractivity (Wildman–Crippen MR) is 66.9 cm³/mol. The second-order valence-corrected chi connectivity index (χ2v) is 6.52. The molecule has 3 unspecified atom stereocenters. The maximum absolute atomic E-state index is 12.3. The molecule has 2 saturated heterocycles. The number of halogens is 3. The zero-order valence-electron chi connectivity index (χ0n) is 10.6. The van der Waals surface area contributed by atoms with Crippen LogP contribution in [0.25, 0.3) is 0 Å². The van der Waals surface area contributed by atoms with E-state index in [4.69, 9.17) is 4.74 Å². The summed E-state index contributed by atoms with van der Waals surface area (Å²) in [4.78, 5) is 0. The molecule has 0 bridgehead atoms. The van der Waals surface area contributed by atoms with Gasteiger partial charge in [0.2, 0.25) is 0 Å². The van der Waals surface area contributed by atoms with Crippen LogP contribution in [0.4, 0.5) is 13.2 Å². The van der Waals surface area contributed by atoms with E-state index >= 15 is 0 Å². The first-order chi connectivity index (χ1) is 8.39. The van der Waals surface area contributed by atoms with Crippen molar-refractivity contribution in [1.29, 1.82) is 0 Å². The van der Waals surface area contributed by atoms with E-state index in [2.05, 4.69) is 5.32 Å². The minimum Gasteiger partial charge on any atom is -0.374 e. The van der Waals surface area contributed by atoms with Crippen molar-refractivity contribution in [3.8, 4) is 0 Å². The van der Waals surface area contributed by atoms with Gasteiger partial charge in [0.25, 0.3) is 0 Å². The topological polar surface area (TPSA) is 21.3 Å². The minimum absolute atomic E-state index is 0.0709. The van der Waals surface area contributed by atoms with E-state index in [9.17, 15) is 13.2 Å². The maximum Gasteiger partial charge on any atom is 0.390 e. The summed E-state index contributed by atoms with van der Waals surface area (Å²) in [5, 5.41) is 3.12. The molecule has 6 heteroatoms. The lowest BCUT2D eigenvalue weighted by molar-refractivity contribution is -0.140. The molecule has 0 aromatic carbocycles. The molecule has 0 aliphatic carbocycles. The van der Waals surface area contributed by atoms with E-state index in [1.165, 1.54) is 0 Å². The number of alkyl halides is 3. The highest BCUT2D eigenvalue weighted by Crippen LogP contribution is 2.38. The third-order valence-corrected chi connectivity index (χ3v) is 4.84. The molecular formula is C12H20F3NOS. The maximum atomic E-state index is 12.3. The van der Waals surface area contributed by atoms with E-state index in [1.807, 2.05) is 11.8 Å². The van der Waals surface area contributed by atoms with Crippen LogP contribution in [0.1, 0.15) is 32.6 Å². The fraction of sp³-hybridized carbons (Fsp3) is 1.00. The average Bonchev–Trinajstić information content (AvgIpc) is 2.63. The number of hydrogen-bond donors (Lipinski definition) is 1. The Morgan fingerprint density at radius 2 is 2.28 bits per heavy atom. The first-order valence-electron chi connectivity index (χ1n) is 6.43. The Morgan fingerprint density at radius 3 is 2.89 bits per heavy atom. The molecule has 1 N–H and O–H groups in total. The Hall–Kier alpha value is 0.0600. The molecule has 0 aromatic heterocycles. The molecule has 18 heavy (non-hydrogen) atoms. The molecule has 0 aromatic rings. The van der Waals surface area contributed by atoms with Gasteiger partial charge in [0.1, 0.15) is 0 Å². The lowest BCUT2D eigenvalue weighted by Gasteiger charge is -2.39. The van der Waals surface area contributed by atoms with Gasteiger partial charge in [0, 0.05) is 24.4 Å². The molecule has 2 heterocycles. The van der Waals surface area contributed by atoms with Gasteiger partial charge in [-0.15, -0.1) is 0 Å². The summed E-state index contributed by atoms with van der Waals surface area (Å²) < 4.78 is 42.7. The zero-order valence-corrected chi connectivity index (χ0v) is 11.4. The number of rotatable bonds is 3. The van der Waals surface area contributed by atoms with Crippen molar-refractivity contribution in [2.24, 2.45) is 0 Å². The summed E-state index contributed by atoms with van der Waals surface area (Å²) in [5.74, 6) is 2.09. The lowest BCUT2D eigenvalue weighted by atomic mass is 9.89. The summed E-state index contributed by atoms with van der Waals surface area (Å²) in [5.41, 5.74) is -0.0709. The van der Waals surface area contributed by atoms with Crippen LogP contribution in [-0.2, 0) is 4.74 Å². The van der Waals surface area contributed by atoms with Crippen molar-refractivity contribution in [3.63, 3.8) is 0 Å². The third kappa shape index (κ3) is 4.03. The standard InChI is InChI=1S/C12H20F3NOS/c1-9(6-12(13,14)15)16-10-2-4-17-11(7-10)3-5-18-8-11/h9-10,16H,2-8H2,1H3. The first kappa shape index (κ1) is 14.5. The monoisotopic (exact) mass is 283 g/mol. The molecule has 0 saturated carbocycles. The molecule has 3 atom stereocenters. The van der Waals surface area contributed by atoms with Gasteiger partial charge >= 0.3 is 6.18 Å². The summed E-state index contributed by atoms with van der Waals surface area (Å²) in [6.45, 7) is 2.27. The van der Waals surface area contributed by atoms with Gasteiger partial charge in [0.05, 0.1) is 12.0 Å². The van der Waals surface area contributed by atoms with Crippen molar-refractivity contribution >= 4 is 11.8 Å². The molecule has 2 aliphatic heterocycles. The minimum atomic E-state index is -4.08. The largest absolute Gasteiger partial charge is 0.390 e. The van der Waals surface area contributed by atoms with Crippen molar-refractivity contribution < 1.29 is 17.9 Å². The third-order valence-electron chi connectivity index (χ3n) is 3.62. The molecule has 2 fully saturated rings. The van der Waals surface area contributed by atoms with Crippen molar-refractivity contribution in [2.45, 2.75) is 56.5 Å². The summed E-state index contributed by atoms with van der Waals surface area (Å²) >= 11 is 1.88. The molecule has 2 aliphatic rings. The highest BCUT2D eigenvalue weighted by atomic mass is 32.2. The number of nitrogens with one attached hydrogen (secondary N) is 1. The van der Waals surface area contributed by atoms with Crippen LogP contribution in [0.15, 0.2) is 0 Å². The first-order valence-corrected chi connectivity index (χ1v) is 7.59. The van der Waals surface area contributed by atoms with Crippen molar-refractivity contribution in [2.75, 3.05) is 18.1 Å². The Labute approximate surface area is 110 Å². The molecular weight excluding hydrogens is 263 g/mol. The summed E-state index contributed by atoms with van der Waals surface area (Å²) in [7, 11) is 0. The Bertz CT molecular complexity index is 279. The van der Waals surface area contributed by atoms with E-state index in [0.29, 0.717) is 6.61 Å². The van der Waals surface area contributed by atoms with Crippen LogP contribution in [0.3, 0.4) is 0 Å². The number of thioether (sulfide) groups is 1. The molecule has 2 nitrogen and oxygen atoms in total. The molecule has 0 radical (unpaired) electrons. The van der Waals surface area contributed by atoms with Gasteiger partial charge < -0.3 is 10.1 Å². The highest BCUT2D eigenvalue weighted by Gasteiger charge is 2.41. The summed E-state index contributed by atoms with van der Waals surface area (Å²) in [6, 6.07) is -0.353. The van der Waals surface area contributed by atoms with E-state index < -0.39 is 18.6 Å². The fourth-order valence-corrected chi connectivity index (χ4v) is 4.22. The van der Waals surface area contributed by atoms with Crippen molar-refractivity contribution in [1.82, 2.24) is 5.32 Å². The average molecular weight is 283 g/mol. The molecule has 106 valence electrons. The van der Waals surface area contributed by atoms with Gasteiger partial charge in [-0.1, -0.05) is 0 Å². The highest BCUT2D eigenvalue weighted by molar-refractivity contribution is 7.99. The van der Waals surface area contributed by atoms with Crippen LogP contribution < -0.4 is 5.32 Å².